The lowest BCUT2D eigenvalue weighted by molar-refractivity contribution is 0.00988. The van der Waals surface area contributed by atoms with Crippen LogP contribution in [0.5, 0.6) is 0 Å². The molecule has 0 aromatic carbocycles. The van der Waals surface area contributed by atoms with E-state index in [0.29, 0.717) is 12.2 Å². The van der Waals surface area contributed by atoms with Gasteiger partial charge < -0.3 is 14.5 Å². The van der Waals surface area contributed by atoms with Crippen LogP contribution in [0, 0.1) is 6.92 Å². The maximum atomic E-state index is 12.5. The molecule has 2 aliphatic rings. The van der Waals surface area contributed by atoms with Crippen LogP contribution in [0.1, 0.15) is 48.2 Å². The third-order valence-corrected chi connectivity index (χ3v) is 4.89. The maximum Gasteiger partial charge on any atom is 0.253 e. The minimum absolute atomic E-state index is 0.0306. The number of imidazole rings is 1. The Bertz CT molecular complexity index is 716. The summed E-state index contributed by atoms with van der Waals surface area (Å²) in [6.07, 6.45) is 9.49. The lowest BCUT2D eigenvalue weighted by Crippen LogP contribution is -2.36. The topological polar surface area (TPSA) is 55.6 Å². The number of ether oxygens (including phenoxy) is 1. The Balaban J connectivity index is 1.47. The number of aryl methyl sites for hydroxylation is 1. The molecule has 1 aliphatic carbocycles. The van der Waals surface area contributed by atoms with Crippen LogP contribution in [0.4, 0.5) is 0 Å². The van der Waals surface area contributed by atoms with Gasteiger partial charge in [0.05, 0.1) is 29.5 Å². The van der Waals surface area contributed by atoms with E-state index in [4.69, 9.17) is 4.74 Å². The predicted molar refractivity (Wildman–Crippen MR) is 83.0 cm³/mol. The lowest BCUT2D eigenvalue weighted by atomic mass is 9.96. The molecular formula is C17H21N3O2. The normalized spacial score (nSPS) is 23.4. The molecule has 2 aromatic heterocycles. The van der Waals surface area contributed by atoms with Crippen molar-refractivity contribution in [3.05, 3.63) is 35.8 Å². The van der Waals surface area contributed by atoms with Gasteiger partial charge in [0.1, 0.15) is 5.65 Å². The van der Waals surface area contributed by atoms with Crippen molar-refractivity contribution >= 4 is 11.6 Å². The zero-order valence-corrected chi connectivity index (χ0v) is 12.8. The van der Waals surface area contributed by atoms with Crippen molar-refractivity contribution in [2.24, 2.45) is 0 Å². The van der Waals surface area contributed by atoms with Crippen molar-refractivity contribution in [3.63, 3.8) is 0 Å². The molecule has 5 heteroatoms. The van der Waals surface area contributed by atoms with E-state index in [0.717, 1.165) is 30.6 Å². The molecule has 1 saturated carbocycles. The molecule has 1 amide bonds. The molecule has 1 unspecified atom stereocenters. The quantitative estimate of drug-likeness (QED) is 0.927. The first-order valence-electron chi connectivity index (χ1n) is 8.04. The summed E-state index contributed by atoms with van der Waals surface area (Å²) in [5.74, 6) is -0.0306. The van der Waals surface area contributed by atoms with Gasteiger partial charge in [0.2, 0.25) is 0 Å². The summed E-state index contributed by atoms with van der Waals surface area (Å²) in [5, 5.41) is 3.12. The van der Waals surface area contributed by atoms with Crippen LogP contribution < -0.4 is 5.32 Å². The largest absolute Gasteiger partial charge is 0.373 e. The summed E-state index contributed by atoms with van der Waals surface area (Å²) in [4.78, 5) is 16.8. The van der Waals surface area contributed by atoms with Gasteiger partial charge in [0.15, 0.2) is 0 Å². The number of hydrogen-bond donors (Lipinski definition) is 1. The zero-order chi connectivity index (χ0) is 15.2. The Labute approximate surface area is 129 Å². The number of fused-ring (bicyclic) bond motifs is 1. The number of carbonyl (C=O) groups excluding carboxylic acids is 1. The first kappa shape index (κ1) is 13.8. The summed E-state index contributed by atoms with van der Waals surface area (Å²) < 4.78 is 7.89. The first-order valence-corrected chi connectivity index (χ1v) is 8.04. The molecule has 1 spiro atoms. The maximum absolute atomic E-state index is 12.5. The molecule has 2 aromatic rings. The molecule has 5 nitrogen and oxygen atoms in total. The summed E-state index contributed by atoms with van der Waals surface area (Å²) in [6, 6.07) is 3.84. The molecule has 4 rings (SSSR count). The van der Waals surface area contributed by atoms with Crippen molar-refractivity contribution in [2.45, 2.75) is 50.7 Å². The minimum Gasteiger partial charge on any atom is -0.373 e. The Hall–Kier alpha value is -1.88. The number of hydrogen-bond acceptors (Lipinski definition) is 3. The second-order valence-corrected chi connectivity index (χ2v) is 6.64. The smallest absolute Gasteiger partial charge is 0.253 e. The fraction of sp³-hybridized carbons (Fsp3) is 0.529. The van der Waals surface area contributed by atoms with Crippen molar-refractivity contribution in [1.82, 2.24) is 14.7 Å². The van der Waals surface area contributed by atoms with Gasteiger partial charge in [-0.3, -0.25) is 4.79 Å². The molecule has 116 valence electrons. The summed E-state index contributed by atoms with van der Waals surface area (Å²) >= 11 is 0. The number of amides is 1. The number of pyridine rings is 1. The molecule has 1 aliphatic heterocycles. The number of nitrogens with one attached hydrogen (secondary N) is 1. The van der Waals surface area contributed by atoms with Crippen LogP contribution in [-0.2, 0) is 4.74 Å². The van der Waals surface area contributed by atoms with Gasteiger partial charge >= 0.3 is 0 Å². The van der Waals surface area contributed by atoms with Crippen LogP contribution in [0.25, 0.3) is 5.65 Å². The Morgan fingerprint density at radius 2 is 2.18 bits per heavy atom. The zero-order valence-electron chi connectivity index (χ0n) is 12.8. The molecule has 2 fully saturated rings. The fourth-order valence-corrected chi connectivity index (χ4v) is 3.83. The first-order chi connectivity index (χ1) is 10.6. The van der Waals surface area contributed by atoms with Gasteiger partial charge in [-0.05, 0) is 38.3 Å². The van der Waals surface area contributed by atoms with E-state index in [-0.39, 0.29) is 17.6 Å². The van der Waals surface area contributed by atoms with Crippen LogP contribution in [-0.4, -0.2) is 33.5 Å². The van der Waals surface area contributed by atoms with Crippen molar-refractivity contribution in [1.29, 1.82) is 0 Å². The molecule has 22 heavy (non-hydrogen) atoms. The van der Waals surface area contributed by atoms with Gasteiger partial charge in [0.25, 0.3) is 5.91 Å². The standard InChI is InChI=1S/C17H21N3O2/c1-12-9-20-10-13(4-5-15(20)18-12)16(21)19-14-8-17(22-11-14)6-2-3-7-17/h4-5,9-10,14H,2-3,6-8,11H2,1H3,(H,19,21). The molecule has 0 radical (unpaired) electrons. The SMILES string of the molecule is Cc1cn2cc(C(=O)NC3COC4(CCCC4)C3)ccc2n1. The van der Waals surface area contributed by atoms with Crippen LogP contribution in [0.15, 0.2) is 24.5 Å². The van der Waals surface area contributed by atoms with E-state index in [1.165, 1.54) is 12.8 Å². The van der Waals surface area contributed by atoms with Gasteiger partial charge in [-0.1, -0.05) is 12.8 Å². The third kappa shape index (κ3) is 2.39. The Kier molecular flexibility index (Phi) is 3.18. The molecule has 3 heterocycles. The molecule has 0 bridgehead atoms. The Morgan fingerprint density at radius 3 is 3.00 bits per heavy atom. The number of nitrogens with zero attached hydrogens (tertiary/aromatic N) is 2. The van der Waals surface area contributed by atoms with E-state index in [1.807, 2.05) is 35.9 Å². The van der Waals surface area contributed by atoms with Gasteiger partial charge in [0, 0.05) is 12.4 Å². The van der Waals surface area contributed by atoms with Crippen LogP contribution in [0.2, 0.25) is 0 Å². The van der Waals surface area contributed by atoms with Gasteiger partial charge in [-0.25, -0.2) is 4.98 Å². The fourth-order valence-electron chi connectivity index (χ4n) is 3.83. The predicted octanol–water partition coefficient (Wildman–Crippen LogP) is 2.47. The number of rotatable bonds is 2. The highest BCUT2D eigenvalue weighted by molar-refractivity contribution is 5.94. The van der Waals surface area contributed by atoms with E-state index >= 15 is 0 Å². The van der Waals surface area contributed by atoms with E-state index in [9.17, 15) is 4.79 Å². The summed E-state index contributed by atoms with van der Waals surface area (Å²) in [5.41, 5.74) is 2.52. The number of aromatic nitrogens is 2. The van der Waals surface area contributed by atoms with Crippen LogP contribution in [0.3, 0.4) is 0 Å². The van der Waals surface area contributed by atoms with E-state index < -0.39 is 0 Å². The van der Waals surface area contributed by atoms with E-state index in [1.54, 1.807) is 0 Å². The van der Waals surface area contributed by atoms with Crippen molar-refractivity contribution in [2.75, 3.05) is 6.61 Å². The van der Waals surface area contributed by atoms with Crippen molar-refractivity contribution in [3.8, 4) is 0 Å². The summed E-state index contributed by atoms with van der Waals surface area (Å²) in [7, 11) is 0. The van der Waals surface area contributed by atoms with Crippen LogP contribution >= 0.6 is 0 Å². The van der Waals surface area contributed by atoms with Gasteiger partial charge in [-0.15, -0.1) is 0 Å². The monoisotopic (exact) mass is 299 g/mol. The van der Waals surface area contributed by atoms with Crippen molar-refractivity contribution < 1.29 is 9.53 Å². The molecular weight excluding hydrogens is 278 g/mol. The second kappa shape index (κ2) is 5.09. The molecule has 1 saturated heterocycles. The minimum atomic E-state index is -0.0306. The van der Waals surface area contributed by atoms with Gasteiger partial charge in [-0.2, -0.15) is 0 Å². The highest BCUT2D eigenvalue weighted by atomic mass is 16.5. The highest BCUT2D eigenvalue weighted by Gasteiger charge is 2.42. The average Bonchev–Trinajstić information content (AvgIpc) is 3.19. The summed E-state index contributed by atoms with van der Waals surface area (Å²) in [6.45, 7) is 2.59. The Morgan fingerprint density at radius 1 is 1.36 bits per heavy atom. The highest BCUT2D eigenvalue weighted by Crippen LogP contribution is 2.40. The molecule has 1 N–H and O–H groups in total. The average molecular weight is 299 g/mol. The van der Waals surface area contributed by atoms with E-state index in [2.05, 4.69) is 10.3 Å². The second-order valence-electron chi connectivity index (χ2n) is 6.64. The number of carbonyl (C=O) groups is 1. The third-order valence-electron chi connectivity index (χ3n) is 4.89. The lowest BCUT2D eigenvalue weighted by Gasteiger charge is -2.21. The molecule has 1 atom stereocenters.